The van der Waals surface area contributed by atoms with Gasteiger partial charge in [0.15, 0.2) is 7.14 Å². The van der Waals surface area contributed by atoms with Gasteiger partial charge in [-0.25, -0.2) is 4.98 Å². The van der Waals surface area contributed by atoms with Crippen LogP contribution in [0.1, 0.15) is 0 Å². The van der Waals surface area contributed by atoms with E-state index in [-0.39, 0.29) is 0 Å². The minimum Gasteiger partial charge on any atom is -0.309 e. The van der Waals surface area contributed by atoms with Crippen LogP contribution in [0, 0.1) is 0 Å². The quantitative estimate of drug-likeness (QED) is 0.226. The standard InChI is InChI=1S/C30H18N3OP/c34-35(28-11-5-1-7-21(28)22-8-2-6-12-29(22)35)19-13-14-20-24-18-31-16-15-23(24)30-32-25-9-3-4-10-26(25)33(30)27(20)17-19/h1-18H. The average Bonchev–Trinajstić information content (AvgIpc) is 3.44. The SMILES string of the molecule is O=P1(c2ccc3c4cnccc4c4nc5ccccc5n4c3c2)c2ccccc2-c2ccccc21. The first-order valence-electron chi connectivity index (χ1n) is 11.6. The fourth-order valence-electron chi connectivity index (χ4n) is 5.74. The lowest BCUT2D eigenvalue weighted by Crippen LogP contribution is -2.21. The molecule has 4 nitrogen and oxygen atoms in total. The van der Waals surface area contributed by atoms with Crippen molar-refractivity contribution in [3.8, 4) is 11.1 Å². The molecule has 0 saturated carbocycles. The van der Waals surface area contributed by atoms with E-state index in [1.165, 1.54) is 0 Å². The lowest BCUT2D eigenvalue weighted by molar-refractivity contribution is 0.593. The van der Waals surface area contributed by atoms with Crippen molar-refractivity contribution >= 4 is 61.4 Å². The predicted molar refractivity (Wildman–Crippen MR) is 144 cm³/mol. The van der Waals surface area contributed by atoms with Crippen molar-refractivity contribution < 1.29 is 4.57 Å². The average molecular weight is 467 g/mol. The summed E-state index contributed by atoms with van der Waals surface area (Å²) in [6.07, 6.45) is 3.71. The zero-order valence-corrected chi connectivity index (χ0v) is 19.5. The van der Waals surface area contributed by atoms with E-state index in [1.807, 2.05) is 79.1 Å². The van der Waals surface area contributed by atoms with E-state index in [0.29, 0.717) is 0 Å². The number of hydrogen-bond acceptors (Lipinski definition) is 3. The Bertz CT molecular complexity index is 2010. The Morgan fingerprint density at radius 3 is 2.17 bits per heavy atom. The number of imidazole rings is 1. The normalized spacial score (nSPS) is 14.1. The first-order valence-corrected chi connectivity index (χ1v) is 13.3. The highest BCUT2D eigenvalue weighted by Gasteiger charge is 2.40. The van der Waals surface area contributed by atoms with Crippen LogP contribution in [-0.4, -0.2) is 14.4 Å². The Morgan fingerprint density at radius 1 is 0.657 bits per heavy atom. The van der Waals surface area contributed by atoms with Crippen LogP contribution in [0.15, 0.2) is 109 Å². The number of fused-ring (bicyclic) bond motifs is 11. The molecule has 5 heteroatoms. The van der Waals surface area contributed by atoms with Crippen LogP contribution in [0.4, 0.5) is 0 Å². The molecule has 0 fully saturated rings. The van der Waals surface area contributed by atoms with Crippen molar-refractivity contribution in [3.05, 3.63) is 109 Å². The van der Waals surface area contributed by atoms with Crippen molar-refractivity contribution in [2.45, 2.75) is 0 Å². The van der Waals surface area contributed by atoms with E-state index in [9.17, 15) is 0 Å². The largest absolute Gasteiger partial charge is 0.309 e. The number of para-hydroxylation sites is 2. The molecule has 0 bridgehead atoms. The lowest BCUT2D eigenvalue weighted by atomic mass is 10.1. The number of nitrogens with zero attached hydrogens (tertiary/aromatic N) is 3. The molecule has 0 saturated heterocycles. The van der Waals surface area contributed by atoms with Gasteiger partial charge in [-0.15, -0.1) is 0 Å². The maximum Gasteiger partial charge on any atom is 0.172 e. The Morgan fingerprint density at radius 2 is 1.37 bits per heavy atom. The molecule has 7 aromatic rings. The van der Waals surface area contributed by atoms with Gasteiger partial charge >= 0.3 is 0 Å². The summed E-state index contributed by atoms with van der Waals surface area (Å²) in [7, 11) is -3.04. The fraction of sp³-hybridized carbons (Fsp3) is 0. The Labute approximate surface area is 200 Å². The lowest BCUT2D eigenvalue weighted by Gasteiger charge is -2.17. The van der Waals surface area contributed by atoms with E-state index in [0.717, 1.165) is 65.4 Å². The minimum absolute atomic E-state index is 0.838. The molecule has 0 atom stereocenters. The monoisotopic (exact) mass is 467 g/mol. The van der Waals surface area contributed by atoms with E-state index in [4.69, 9.17) is 4.98 Å². The maximum atomic E-state index is 15.1. The molecule has 0 aliphatic carbocycles. The molecular formula is C30H18N3OP. The topological polar surface area (TPSA) is 47.3 Å². The van der Waals surface area contributed by atoms with Gasteiger partial charge in [-0.05, 0) is 35.4 Å². The van der Waals surface area contributed by atoms with E-state index < -0.39 is 7.14 Å². The number of aromatic nitrogens is 3. The molecule has 35 heavy (non-hydrogen) atoms. The molecule has 4 aromatic carbocycles. The van der Waals surface area contributed by atoms with Gasteiger partial charge in [0, 0.05) is 44.5 Å². The van der Waals surface area contributed by atoms with Gasteiger partial charge in [0.2, 0.25) is 0 Å². The molecule has 8 rings (SSSR count). The summed E-state index contributed by atoms with van der Waals surface area (Å²) in [5, 5.41) is 5.83. The van der Waals surface area contributed by atoms with E-state index in [2.05, 4.69) is 39.7 Å². The van der Waals surface area contributed by atoms with Crippen LogP contribution in [-0.2, 0) is 4.57 Å². The molecule has 4 heterocycles. The van der Waals surface area contributed by atoms with Gasteiger partial charge in [0.1, 0.15) is 5.65 Å². The highest BCUT2D eigenvalue weighted by atomic mass is 31.2. The van der Waals surface area contributed by atoms with Crippen LogP contribution >= 0.6 is 7.14 Å². The van der Waals surface area contributed by atoms with Gasteiger partial charge in [0.05, 0.1) is 16.6 Å². The first-order chi connectivity index (χ1) is 17.2. The van der Waals surface area contributed by atoms with Gasteiger partial charge in [-0.3, -0.25) is 9.38 Å². The third-order valence-corrected chi connectivity index (χ3v) is 10.4. The molecule has 0 unspecified atom stereocenters. The second kappa shape index (κ2) is 6.65. The summed E-state index contributed by atoms with van der Waals surface area (Å²) >= 11 is 0. The molecule has 1 aliphatic rings. The molecule has 3 aromatic heterocycles. The minimum atomic E-state index is -3.04. The van der Waals surface area contributed by atoms with Crippen molar-refractivity contribution in [1.29, 1.82) is 0 Å². The predicted octanol–water partition coefficient (Wildman–Crippen LogP) is 5.81. The third-order valence-electron chi connectivity index (χ3n) is 7.28. The number of rotatable bonds is 1. The van der Waals surface area contributed by atoms with Crippen LogP contribution in [0.25, 0.3) is 49.5 Å². The summed E-state index contributed by atoms with van der Waals surface area (Å²) in [6, 6.07) is 32.7. The summed E-state index contributed by atoms with van der Waals surface area (Å²) in [4.78, 5) is 9.38. The molecule has 0 amide bonds. The highest BCUT2D eigenvalue weighted by Crippen LogP contribution is 2.52. The van der Waals surface area contributed by atoms with Gasteiger partial charge in [-0.2, -0.15) is 0 Å². The second-order valence-corrected chi connectivity index (χ2v) is 11.7. The maximum absolute atomic E-state index is 15.1. The highest BCUT2D eigenvalue weighted by molar-refractivity contribution is 7.86. The Balaban J connectivity index is 1.55. The zero-order chi connectivity index (χ0) is 23.1. The second-order valence-electron chi connectivity index (χ2n) is 9.03. The number of benzene rings is 4. The molecule has 164 valence electrons. The molecule has 0 radical (unpaired) electrons. The van der Waals surface area contributed by atoms with E-state index in [1.54, 1.807) is 0 Å². The van der Waals surface area contributed by atoms with Crippen molar-refractivity contribution in [2.75, 3.05) is 0 Å². The molecular weight excluding hydrogens is 449 g/mol. The molecule has 0 N–H and O–H groups in total. The van der Waals surface area contributed by atoms with Crippen LogP contribution < -0.4 is 15.9 Å². The fourth-order valence-corrected chi connectivity index (χ4v) is 8.81. The van der Waals surface area contributed by atoms with Crippen molar-refractivity contribution in [2.24, 2.45) is 0 Å². The van der Waals surface area contributed by atoms with E-state index >= 15 is 4.57 Å². The number of hydrogen-bond donors (Lipinski definition) is 0. The van der Waals surface area contributed by atoms with Gasteiger partial charge in [-0.1, -0.05) is 72.8 Å². The van der Waals surface area contributed by atoms with Gasteiger partial charge < -0.3 is 4.57 Å². The van der Waals surface area contributed by atoms with Crippen molar-refractivity contribution in [3.63, 3.8) is 0 Å². The summed E-state index contributed by atoms with van der Waals surface area (Å²) < 4.78 is 17.3. The van der Waals surface area contributed by atoms with Crippen LogP contribution in [0.3, 0.4) is 0 Å². The van der Waals surface area contributed by atoms with Gasteiger partial charge in [0.25, 0.3) is 0 Å². The Hall–Kier alpha value is -4.27. The summed E-state index contributed by atoms with van der Waals surface area (Å²) in [5.41, 5.74) is 5.98. The van der Waals surface area contributed by atoms with Crippen LogP contribution in [0.2, 0.25) is 0 Å². The first kappa shape index (κ1) is 19.1. The summed E-state index contributed by atoms with van der Waals surface area (Å²) in [6.45, 7) is 0. The molecule has 0 spiro atoms. The Kier molecular flexibility index (Phi) is 3.63. The summed E-state index contributed by atoms with van der Waals surface area (Å²) in [5.74, 6) is 0. The van der Waals surface area contributed by atoms with Crippen molar-refractivity contribution in [1.82, 2.24) is 14.4 Å². The smallest absolute Gasteiger partial charge is 0.172 e. The zero-order valence-electron chi connectivity index (χ0n) is 18.6. The third kappa shape index (κ3) is 2.35. The number of pyridine rings is 2. The molecule has 1 aliphatic heterocycles. The van der Waals surface area contributed by atoms with Crippen LogP contribution in [0.5, 0.6) is 0 Å².